The minimum Gasteiger partial charge on any atom is -0.504 e. The first-order valence-corrected chi connectivity index (χ1v) is 4.90. The minimum atomic E-state index is -0.0665. The summed E-state index contributed by atoms with van der Waals surface area (Å²) in [6.45, 7) is 0. The molecule has 0 atom stereocenters. The van der Waals surface area contributed by atoms with E-state index in [0.29, 0.717) is 10.9 Å². The average molecular weight is 221 g/mol. The molecule has 0 amide bonds. The Bertz CT molecular complexity index is 482. The molecule has 2 aromatic heterocycles. The molecule has 0 saturated carbocycles. The van der Waals surface area contributed by atoms with Crippen molar-refractivity contribution < 1.29 is 5.11 Å². The Morgan fingerprint density at radius 2 is 2.20 bits per heavy atom. The number of nitrogens with zero attached hydrogens (tertiary/aromatic N) is 4. The lowest BCUT2D eigenvalue weighted by Gasteiger charge is -1.96. The van der Waals surface area contributed by atoms with E-state index in [9.17, 15) is 0 Å². The van der Waals surface area contributed by atoms with Crippen LogP contribution in [0.25, 0.3) is 0 Å². The zero-order valence-electron chi connectivity index (χ0n) is 7.53. The average Bonchev–Trinajstić information content (AvgIpc) is 2.73. The molecular formula is C8H7N5OS. The number of aromatic nitrogens is 2. The lowest BCUT2D eigenvalue weighted by molar-refractivity contribution is 0.476. The van der Waals surface area contributed by atoms with Crippen LogP contribution in [0.1, 0.15) is 0 Å². The van der Waals surface area contributed by atoms with Gasteiger partial charge in [0.05, 0.1) is 0 Å². The van der Waals surface area contributed by atoms with E-state index < -0.39 is 0 Å². The van der Waals surface area contributed by atoms with E-state index in [1.54, 1.807) is 11.6 Å². The van der Waals surface area contributed by atoms with Crippen LogP contribution in [0.4, 0.5) is 16.8 Å². The van der Waals surface area contributed by atoms with E-state index >= 15 is 0 Å². The second kappa shape index (κ2) is 4.01. The molecule has 6 nitrogen and oxygen atoms in total. The van der Waals surface area contributed by atoms with Crippen LogP contribution >= 0.6 is 11.3 Å². The van der Waals surface area contributed by atoms with Gasteiger partial charge in [-0.05, 0) is 12.1 Å². The lowest BCUT2D eigenvalue weighted by Crippen LogP contribution is -1.88. The first-order chi connectivity index (χ1) is 7.25. The first-order valence-electron chi connectivity index (χ1n) is 4.02. The van der Waals surface area contributed by atoms with Crippen molar-refractivity contribution in [3.63, 3.8) is 0 Å². The van der Waals surface area contributed by atoms with Gasteiger partial charge < -0.3 is 10.8 Å². The number of aromatic hydroxyl groups is 1. The van der Waals surface area contributed by atoms with Gasteiger partial charge in [-0.25, -0.2) is 9.97 Å². The van der Waals surface area contributed by atoms with Gasteiger partial charge in [-0.15, -0.1) is 21.6 Å². The Kier molecular flexibility index (Phi) is 2.55. The summed E-state index contributed by atoms with van der Waals surface area (Å²) in [5, 5.41) is 19.1. The van der Waals surface area contributed by atoms with Crippen molar-refractivity contribution in [1.82, 2.24) is 9.97 Å². The van der Waals surface area contributed by atoms with E-state index in [-0.39, 0.29) is 11.6 Å². The molecule has 0 radical (unpaired) electrons. The van der Waals surface area contributed by atoms with Crippen LogP contribution < -0.4 is 5.73 Å². The maximum absolute atomic E-state index is 9.13. The predicted octanol–water partition coefficient (Wildman–Crippen LogP) is 2.24. The van der Waals surface area contributed by atoms with Crippen molar-refractivity contribution in [3.8, 4) is 5.75 Å². The summed E-state index contributed by atoms with van der Waals surface area (Å²) in [4.78, 5) is 7.74. The molecule has 2 aromatic rings. The summed E-state index contributed by atoms with van der Waals surface area (Å²) in [6, 6.07) is 2.93. The maximum atomic E-state index is 9.13. The number of nitrogen functional groups attached to an aromatic ring is 1. The fourth-order valence-corrected chi connectivity index (χ4v) is 1.32. The summed E-state index contributed by atoms with van der Waals surface area (Å²) in [7, 11) is 0. The van der Waals surface area contributed by atoms with Gasteiger partial charge in [0.2, 0.25) is 5.13 Å². The van der Waals surface area contributed by atoms with Crippen LogP contribution in [-0.4, -0.2) is 15.1 Å². The molecule has 0 unspecified atom stereocenters. The minimum absolute atomic E-state index is 0.0330. The van der Waals surface area contributed by atoms with Crippen LogP contribution in [0.2, 0.25) is 0 Å². The molecular weight excluding hydrogens is 214 g/mol. The molecule has 3 N–H and O–H groups in total. The van der Waals surface area contributed by atoms with E-state index in [1.807, 2.05) is 0 Å². The van der Waals surface area contributed by atoms with Gasteiger partial charge in [0.25, 0.3) is 0 Å². The monoisotopic (exact) mass is 221 g/mol. The molecule has 7 heteroatoms. The second-order valence-electron chi connectivity index (χ2n) is 2.59. The van der Waals surface area contributed by atoms with E-state index in [0.717, 1.165) is 0 Å². The summed E-state index contributed by atoms with van der Waals surface area (Å²) in [5.74, 6) is 0.300. The van der Waals surface area contributed by atoms with Gasteiger partial charge in [0.1, 0.15) is 0 Å². The summed E-state index contributed by atoms with van der Waals surface area (Å²) >= 11 is 1.37. The molecule has 0 aliphatic rings. The number of hydrogen-bond acceptors (Lipinski definition) is 7. The Hall–Kier alpha value is -2.02. The number of azo groups is 1. The SMILES string of the molecule is Nc1nc(N=Nc2nccs2)ccc1O. The zero-order valence-corrected chi connectivity index (χ0v) is 8.35. The zero-order chi connectivity index (χ0) is 10.7. The van der Waals surface area contributed by atoms with E-state index in [4.69, 9.17) is 10.8 Å². The van der Waals surface area contributed by atoms with Crippen molar-refractivity contribution >= 4 is 28.1 Å². The van der Waals surface area contributed by atoms with Gasteiger partial charge in [-0.2, -0.15) is 0 Å². The van der Waals surface area contributed by atoms with Crippen LogP contribution in [0.15, 0.2) is 33.9 Å². The number of hydrogen-bond donors (Lipinski definition) is 2. The highest BCUT2D eigenvalue weighted by molar-refractivity contribution is 7.13. The largest absolute Gasteiger partial charge is 0.504 e. The lowest BCUT2D eigenvalue weighted by atomic mass is 10.4. The van der Waals surface area contributed by atoms with Gasteiger partial charge in [0, 0.05) is 11.6 Å². The third-order valence-electron chi connectivity index (χ3n) is 1.54. The molecule has 76 valence electrons. The first kappa shape index (κ1) is 9.53. The number of rotatable bonds is 2. The molecule has 15 heavy (non-hydrogen) atoms. The van der Waals surface area contributed by atoms with Gasteiger partial charge >= 0.3 is 0 Å². The maximum Gasteiger partial charge on any atom is 0.229 e. The van der Waals surface area contributed by atoms with Gasteiger partial charge in [-0.1, -0.05) is 0 Å². The van der Waals surface area contributed by atoms with E-state index in [1.165, 1.54) is 23.5 Å². The van der Waals surface area contributed by atoms with Crippen LogP contribution in [0.5, 0.6) is 5.75 Å². The number of pyridine rings is 1. The molecule has 0 spiro atoms. The third-order valence-corrected chi connectivity index (χ3v) is 2.20. The van der Waals surface area contributed by atoms with E-state index in [2.05, 4.69) is 20.2 Å². The molecule has 0 fully saturated rings. The molecule has 0 aliphatic carbocycles. The summed E-state index contributed by atoms with van der Waals surface area (Å²) in [6.07, 6.45) is 1.64. The highest BCUT2D eigenvalue weighted by atomic mass is 32.1. The molecule has 2 rings (SSSR count). The highest BCUT2D eigenvalue weighted by Gasteiger charge is 1.99. The highest BCUT2D eigenvalue weighted by Crippen LogP contribution is 2.23. The fraction of sp³-hybridized carbons (Fsp3) is 0. The number of anilines is 1. The molecule has 0 bridgehead atoms. The third kappa shape index (κ3) is 2.26. The fourth-order valence-electron chi connectivity index (χ4n) is 0.872. The van der Waals surface area contributed by atoms with Crippen molar-refractivity contribution in [1.29, 1.82) is 0 Å². The predicted molar refractivity (Wildman–Crippen MR) is 56.6 cm³/mol. The smallest absolute Gasteiger partial charge is 0.229 e. The quantitative estimate of drug-likeness (QED) is 0.760. The number of thiazole rings is 1. The van der Waals surface area contributed by atoms with Crippen molar-refractivity contribution in [2.75, 3.05) is 5.73 Å². The normalized spacial score (nSPS) is 10.9. The standard InChI is InChI=1S/C8H7N5OS/c9-7-5(14)1-2-6(11-7)12-13-8-10-3-4-15-8/h1-4,14H,(H2,9,11). The molecule has 2 heterocycles. The molecule has 0 saturated heterocycles. The van der Waals surface area contributed by atoms with Crippen molar-refractivity contribution in [3.05, 3.63) is 23.7 Å². The Balaban J connectivity index is 2.21. The Labute approximate surface area is 89.1 Å². The van der Waals surface area contributed by atoms with Crippen LogP contribution in [0.3, 0.4) is 0 Å². The van der Waals surface area contributed by atoms with Gasteiger partial charge in [-0.3, -0.25) is 0 Å². The molecule has 0 aromatic carbocycles. The molecule has 0 aliphatic heterocycles. The van der Waals surface area contributed by atoms with Crippen molar-refractivity contribution in [2.45, 2.75) is 0 Å². The second-order valence-corrected chi connectivity index (χ2v) is 3.46. The van der Waals surface area contributed by atoms with Crippen LogP contribution in [-0.2, 0) is 0 Å². The Morgan fingerprint density at radius 1 is 1.33 bits per heavy atom. The number of nitrogens with two attached hydrogens (primary N) is 1. The summed E-state index contributed by atoms with van der Waals surface area (Å²) in [5.41, 5.74) is 5.39. The topological polar surface area (TPSA) is 96.8 Å². The van der Waals surface area contributed by atoms with Crippen LogP contribution in [0, 0.1) is 0 Å². The summed E-state index contributed by atoms with van der Waals surface area (Å²) < 4.78 is 0. The Morgan fingerprint density at radius 3 is 2.87 bits per heavy atom. The van der Waals surface area contributed by atoms with Crippen molar-refractivity contribution in [2.24, 2.45) is 10.2 Å². The van der Waals surface area contributed by atoms with Gasteiger partial charge in [0.15, 0.2) is 17.4 Å².